The summed E-state index contributed by atoms with van der Waals surface area (Å²) in [5.74, 6) is 0.273. The Morgan fingerprint density at radius 2 is 1.85 bits per heavy atom. The van der Waals surface area contributed by atoms with Gasteiger partial charge in [-0.3, -0.25) is 14.6 Å². The third-order valence-corrected chi connectivity index (χ3v) is 6.68. The molecule has 1 atom stereocenters. The maximum Gasteiger partial charge on any atom is 0.409 e. The molecule has 0 aromatic heterocycles. The second-order valence-corrected chi connectivity index (χ2v) is 8.10. The van der Waals surface area contributed by atoms with Crippen LogP contribution in [0, 0.1) is 0 Å². The Labute approximate surface area is 157 Å². The molecule has 0 aromatic rings. The monoisotopic (exact) mass is 366 g/mol. The molecule has 3 aliphatic rings. The Kier molecular flexibility index (Phi) is 6.07. The number of carbonyl (C=O) groups is 2. The summed E-state index contributed by atoms with van der Waals surface area (Å²) < 4.78 is 5.13. The van der Waals surface area contributed by atoms with E-state index in [-0.39, 0.29) is 17.5 Å². The number of likely N-dealkylation sites (N-methyl/N-ethyl adjacent to an activating group) is 1. The van der Waals surface area contributed by atoms with Gasteiger partial charge in [0.05, 0.1) is 6.61 Å². The van der Waals surface area contributed by atoms with Crippen molar-refractivity contribution in [1.82, 2.24) is 19.6 Å². The summed E-state index contributed by atoms with van der Waals surface area (Å²) >= 11 is 0. The largest absolute Gasteiger partial charge is 0.450 e. The van der Waals surface area contributed by atoms with Gasteiger partial charge < -0.3 is 14.5 Å². The summed E-state index contributed by atoms with van der Waals surface area (Å²) in [4.78, 5) is 32.9. The maximum absolute atomic E-state index is 12.1. The fourth-order valence-electron chi connectivity index (χ4n) is 4.73. The van der Waals surface area contributed by atoms with Crippen molar-refractivity contribution < 1.29 is 14.3 Å². The van der Waals surface area contributed by atoms with E-state index < -0.39 is 0 Å². The van der Waals surface area contributed by atoms with E-state index in [4.69, 9.17) is 4.74 Å². The molecule has 3 rings (SSSR count). The lowest BCUT2D eigenvalue weighted by Crippen LogP contribution is -2.63. The fourth-order valence-corrected chi connectivity index (χ4v) is 4.73. The molecule has 0 radical (unpaired) electrons. The van der Waals surface area contributed by atoms with Crippen molar-refractivity contribution in [2.45, 2.75) is 50.6 Å². The van der Waals surface area contributed by atoms with E-state index in [1.54, 1.807) is 0 Å². The van der Waals surface area contributed by atoms with Crippen LogP contribution in [0.3, 0.4) is 0 Å². The van der Waals surface area contributed by atoms with Crippen LogP contribution in [0.25, 0.3) is 0 Å². The number of hydrogen-bond donors (Lipinski definition) is 0. The molecule has 3 saturated heterocycles. The predicted molar refractivity (Wildman–Crippen MR) is 100 cm³/mol. The fraction of sp³-hybridized carbons (Fsp3) is 0.895. The van der Waals surface area contributed by atoms with Crippen molar-refractivity contribution in [3.05, 3.63) is 0 Å². The van der Waals surface area contributed by atoms with Gasteiger partial charge in [-0.25, -0.2) is 4.79 Å². The molecule has 148 valence electrons. The number of amides is 2. The molecular weight excluding hydrogens is 332 g/mol. The van der Waals surface area contributed by atoms with Gasteiger partial charge in [-0.2, -0.15) is 0 Å². The van der Waals surface area contributed by atoms with Crippen molar-refractivity contribution in [2.75, 3.05) is 60.0 Å². The first-order valence-corrected chi connectivity index (χ1v) is 10.1. The maximum atomic E-state index is 12.1. The summed E-state index contributed by atoms with van der Waals surface area (Å²) in [5, 5.41) is 0. The molecule has 1 spiro atoms. The van der Waals surface area contributed by atoms with Gasteiger partial charge in [-0.15, -0.1) is 0 Å². The van der Waals surface area contributed by atoms with Gasteiger partial charge in [-0.1, -0.05) is 0 Å². The van der Waals surface area contributed by atoms with Crippen LogP contribution in [-0.2, 0) is 9.53 Å². The van der Waals surface area contributed by atoms with E-state index in [0.717, 1.165) is 65.0 Å². The van der Waals surface area contributed by atoms with Gasteiger partial charge >= 0.3 is 6.09 Å². The minimum absolute atomic E-state index is 0.108. The molecule has 7 nitrogen and oxygen atoms in total. The van der Waals surface area contributed by atoms with Crippen LogP contribution >= 0.6 is 0 Å². The lowest BCUT2D eigenvalue weighted by molar-refractivity contribution is -0.129. The average molecular weight is 367 g/mol. The highest BCUT2D eigenvalue weighted by Crippen LogP contribution is 2.33. The van der Waals surface area contributed by atoms with Crippen molar-refractivity contribution >= 4 is 12.0 Å². The SMILES string of the molecule is CCOC(=O)N1CCC(N2CCN(C)C3(CCC(=O)N(C)CC3)C2)CC1. The second-order valence-electron chi connectivity index (χ2n) is 8.10. The Morgan fingerprint density at radius 1 is 1.12 bits per heavy atom. The molecule has 0 bridgehead atoms. The summed E-state index contributed by atoms with van der Waals surface area (Å²) in [6.07, 6.45) is 4.49. The third kappa shape index (κ3) is 3.98. The van der Waals surface area contributed by atoms with Gasteiger partial charge in [0.25, 0.3) is 0 Å². The molecule has 0 aliphatic carbocycles. The number of likely N-dealkylation sites (tertiary alicyclic amines) is 2. The van der Waals surface area contributed by atoms with Gasteiger partial charge in [-0.05, 0) is 39.7 Å². The Bertz CT molecular complexity index is 521. The van der Waals surface area contributed by atoms with Gasteiger partial charge in [0.2, 0.25) is 5.91 Å². The third-order valence-electron chi connectivity index (χ3n) is 6.68. The van der Waals surface area contributed by atoms with Crippen LogP contribution < -0.4 is 0 Å². The lowest BCUT2D eigenvalue weighted by atomic mass is 9.85. The number of carbonyl (C=O) groups excluding carboxylic acids is 2. The van der Waals surface area contributed by atoms with Crippen LogP contribution in [0.5, 0.6) is 0 Å². The minimum Gasteiger partial charge on any atom is -0.450 e. The summed E-state index contributed by atoms with van der Waals surface area (Å²) in [6, 6.07) is 0.530. The number of hydrogen-bond acceptors (Lipinski definition) is 5. The average Bonchev–Trinajstić information content (AvgIpc) is 2.79. The second kappa shape index (κ2) is 8.13. The number of rotatable bonds is 2. The Hall–Kier alpha value is -1.34. The predicted octanol–water partition coefficient (Wildman–Crippen LogP) is 1.24. The minimum atomic E-state index is -0.175. The molecule has 26 heavy (non-hydrogen) atoms. The van der Waals surface area contributed by atoms with Crippen molar-refractivity contribution in [3.8, 4) is 0 Å². The van der Waals surface area contributed by atoms with Gasteiger partial charge in [0.15, 0.2) is 0 Å². The number of piperidine rings is 1. The quantitative estimate of drug-likeness (QED) is 0.736. The van der Waals surface area contributed by atoms with Crippen LogP contribution in [0.4, 0.5) is 4.79 Å². The summed E-state index contributed by atoms with van der Waals surface area (Å²) in [7, 11) is 4.14. The van der Waals surface area contributed by atoms with E-state index in [2.05, 4.69) is 16.8 Å². The molecule has 0 saturated carbocycles. The highest BCUT2D eigenvalue weighted by Gasteiger charge is 2.43. The molecule has 3 fully saturated rings. The zero-order chi connectivity index (χ0) is 18.7. The van der Waals surface area contributed by atoms with Crippen LogP contribution in [0.15, 0.2) is 0 Å². The van der Waals surface area contributed by atoms with E-state index in [0.29, 0.717) is 19.1 Å². The molecule has 0 N–H and O–H groups in total. The highest BCUT2D eigenvalue weighted by atomic mass is 16.6. The standard InChI is InChI=1S/C19H34N4O3/c1-4-26-18(25)22-10-6-16(7-11-22)23-14-13-21(3)19(15-23)8-5-17(24)20(2)12-9-19/h16H,4-15H2,1-3H3. The van der Waals surface area contributed by atoms with E-state index in [1.807, 2.05) is 23.8 Å². The Balaban J connectivity index is 1.60. The van der Waals surface area contributed by atoms with Gasteiger partial charge in [0, 0.05) is 64.3 Å². The molecule has 3 heterocycles. The molecule has 7 heteroatoms. The molecule has 0 aromatic carbocycles. The van der Waals surface area contributed by atoms with Crippen molar-refractivity contribution in [3.63, 3.8) is 0 Å². The highest BCUT2D eigenvalue weighted by molar-refractivity contribution is 5.76. The van der Waals surface area contributed by atoms with Crippen LogP contribution in [-0.4, -0.2) is 103 Å². The zero-order valence-corrected chi connectivity index (χ0v) is 16.6. The van der Waals surface area contributed by atoms with Crippen molar-refractivity contribution in [2.24, 2.45) is 0 Å². The first-order chi connectivity index (χ1) is 12.4. The van der Waals surface area contributed by atoms with E-state index in [1.165, 1.54) is 0 Å². The number of piperazine rings is 1. The van der Waals surface area contributed by atoms with Gasteiger partial charge in [0.1, 0.15) is 0 Å². The number of ether oxygens (including phenoxy) is 1. The summed E-state index contributed by atoms with van der Waals surface area (Å²) in [6.45, 7) is 7.86. The van der Waals surface area contributed by atoms with Crippen LogP contribution in [0.1, 0.15) is 39.0 Å². The first-order valence-electron chi connectivity index (χ1n) is 10.1. The van der Waals surface area contributed by atoms with E-state index in [9.17, 15) is 9.59 Å². The smallest absolute Gasteiger partial charge is 0.409 e. The zero-order valence-electron chi connectivity index (χ0n) is 16.6. The molecule has 3 aliphatic heterocycles. The lowest BCUT2D eigenvalue weighted by Gasteiger charge is -2.52. The molecular formula is C19H34N4O3. The van der Waals surface area contributed by atoms with Crippen molar-refractivity contribution in [1.29, 1.82) is 0 Å². The number of nitrogens with zero attached hydrogens (tertiary/aromatic N) is 4. The van der Waals surface area contributed by atoms with Crippen LogP contribution in [0.2, 0.25) is 0 Å². The molecule has 2 amide bonds. The first kappa shape index (κ1) is 19.4. The Morgan fingerprint density at radius 3 is 2.54 bits per heavy atom. The van der Waals surface area contributed by atoms with E-state index >= 15 is 0 Å². The molecule has 1 unspecified atom stereocenters. The normalized spacial score (nSPS) is 29.9. The summed E-state index contributed by atoms with van der Waals surface area (Å²) in [5.41, 5.74) is 0.108. The topological polar surface area (TPSA) is 56.3 Å².